The first-order valence-corrected chi connectivity index (χ1v) is 6.72. The Labute approximate surface area is 124 Å². The first kappa shape index (κ1) is 14.1. The Balaban J connectivity index is 2.05. The first-order chi connectivity index (χ1) is 9.52. The van der Waals surface area contributed by atoms with Gasteiger partial charge in [0.1, 0.15) is 18.3 Å². The predicted molar refractivity (Wildman–Crippen MR) is 72.8 cm³/mol. The zero-order chi connectivity index (χ0) is 14.4. The van der Waals surface area contributed by atoms with Crippen molar-refractivity contribution in [2.75, 3.05) is 6.61 Å². The third-order valence-corrected chi connectivity index (χ3v) is 4.13. The van der Waals surface area contributed by atoms with Gasteiger partial charge in [0.05, 0.1) is 34.0 Å². The maximum absolute atomic E-state index is 10.0. The lowest BCUT2D eigenvalue weighted by molar-refractivity contribution is -0.0508. The molecule has 4 atom stereocenters. The van der Waals surface area contributed by atoms with Crippen LogP contribution in [0.2, 0.25) is 10.0 Å². The highest BCUT2D eigenvalue weighted by molar-refractivity contribution is 6.42. The zero-order valence-electron chi connectivity index (χ0n) is 10.1. The minimum atomic E-state index is -1.17. The SMILES string of the molecule is OC[C@H]1O[C@@H](n2cnc3cc(Cl)c(Cl)cc32)[C@@H](O)[C@H]1O. The second-order valence-corrected chi connectivity index (χ2v) is 5.45. The molecule has 8 heteroatoms. The first-order valence-electron chi connectivity index (χ1n) is 5.97. The second-order valence-electron chi connectivity index (χ2n) is 4.64. The molecule has 6 nitrogen and oxygen atoms in total. The number of hydrogen-bond acceptors (Lipinski definition) is 5. The van der Waals surface area contributed by atoms with E-state index in [0.717, 1.165) is 0 Å². The van der Waals surface area contributed by atoms with Crippen molar-refractivity contribution in [1.82, 2.24) is 9.55 Å². The summed E-state index contributed by atoms with van der Waals surface area (Å²) >= 11 is 11.9. The molecule has 2 heterocycles. The maximum atomic E-state index is 10.0. The average molecular weight is 319 g/mol. The van der Waals surface area contributed by atoms with Crippen molar-refractivity contribution >= 4 is 34.2 Å². The number of nitrogens with zero attached hydrogens (tertiary/aromatic N) is 2. The molecule has 0 aliphatic carbocycles. The molecule has 1 aromatic heterocycles. The molecule has 20 heavy (non-hydrogen) atoms. The number of aromatic nitrogens is 2. The Kier molecular flexibility index (Phi) is 3.62. The largest absolute Gasteiger partial charge is 0.394 e. The fraction of sp³-hybridized carbons (Fsp3) is 0.417. The second kappa shape index (κ2) is 5.14. The van der Waals surface area contributed by atoms with Gasteiger partial charge in [-0.25, -0.2) is 4.98 Å². The summed E-state index contributed by atoms with van der Waals surface area (Å²) in [6.07, 6.45) is -2.54. The van der Waals surface area contributed by atoms with Crippen molar-refractivity contribution in [1.29, 1.82) is 0 Å². The van der Waals surface area contributed by atoms with Crippen molar-refractivity contribution in [3.63, 3.8) is 0 Å². The van der Waals surface area contributed by atoms with Crippen LogP contribution < -0.4 is 0 Å². The van der Waals surface area contributed by atoms with E-state index in [1.54, 1.807) is 16.7 Å². The third kappa shape index (κ3) is 2.09. The van der Waals surface area contributed by atoms with Gasteiger partial charge in [-0.05, 0) is 12.1 Å². The molecule has 0 bridgehead atoms. The van der Waals surface area contributed by atoms with Crippen molar-refractivity contribution in [3.05, 3.63) is 28.5 Å². The molecule has 108 valence electrons. The lowest BCUT2D eigenvalue weighted by atomic mass is 10.1. The van der Waals surface area contributed by atoms with Crippen LogP contribution in [-0.2, 0) is 4.74 Å². The standard InChI is InChI=1S/C12H12Cl2N2O4/c13-5-1-7-8(2-6(5)14)16(4-15-7)12-11(19)10(18)9(3-17)20-12/h1-2,4,9-12,17-19H,3H2/t9-,10+,11+,12-/m1/s1. The van der Waals surface area contributed by atoms with Gasteiger partial charge in [-0.1, -0.05) is 23.2 Å². The molecule has 0 amide bonds. The number of aliphatic hydroxyl groups excluding tert-OH is 3. The van der Waals surface area contributed by atoms with Gasteiger partial charge < -0.3 is 24.6 Å². The molecule has 0 radical (unpaired) electrons. The molecule has 1 aliphatic rings. The lowest BCUT2D eigenvalue weighted by Gasteiger charge is -2.17. The normalized spacial score (nSPS) is 30.2. The Morgan fingerprint density at radius 3 is 2.55 bits per heavy atom. The number of benzene rings is 1. The highest BCUT2D eigenvalue weighted by Gasteiger charge is 2.43. The molecule has 2 aromatic rings. The zero-order valence-corrected chi connectivity index (χ0v) is 11.7. The Hall–Kier alpha value is -0.890. The molecular formula is C12H12Cl2N2O4. The summed E-state index contributed by atoms with van der Waals surface area (Å²) in [5.74, 6) is 0. The summed E-state index contributed by atoms with van der Waals surface area (Å²) in [7, 11) is 0. The molecule has 1 aromatic carbocycles. The molecule has 1 fully saturated rings. The Morgan fingerprint density at radius 2 is 1.90 bits per heavy atom. The van der Waals surface area contributed by atoms with Crippen LogP contribution in [0.5, 0.6) is 0 Å². The van der Waals surface area contributed by atoms with E-state index in [2.05, 4.69) is 4.98 Å². The summed E-state index contributed by atoms with van der Waals surface area (Å²) in [6.45, 7) is -0.381. The van der Waals surface area contributed by atoms with Crippen LogP contribution in [0.4, 0.5) is 0 Å². The van der Waals surface area contributed by atoms with Crippen LogP contribution in [0.25, 0.3) is 11.0 Å². The van der Waals surface area contributed by atoms with E-state index in [0.29, 0.717) is 21.1 Å². The number of fused-ring (bicyclic) bond motifs is 1. The molecular weight excluding hydrogens is 307 g/mol. The van der Waals surface area contributed by atoms with E-state index in [1.807, 2.05) is 0 Å². The number of hydrogen-bond donors (Lipinski definition) is 3. The smallest absolute Gasteiger partial charge is 0.164 e. The van der Waals surface area contributed by atoms with Gasteiger partial charge in [0, 0.05) is 0 Å². The van der Waals surface area contributed by atoms with E-state index < -0.39 is 24.5 Å². The van der Waals surface area contributed by atoms with Crippen molar-refractivity contribution in [2.45, 2.75) is 24.5 Å². The van der Waals surface area contributed by atoms with Gasteiger partial charge in [0.2, 0.25) is 0 Å². The summed E-state index contributed by atoms with van der Waals surface area (Å²) in [5.41, 5.74) is 1.21. The topological polar surface area (TPSA) is 87.7 Å². The number of ether oxygens (including phenoxy) is 1. The average Bonchev–Trinajstić information content (AvgIpc) is 2.94. The molecule has 0 unspecified atom stereocenters. The molecule has 3 rings (SSSR count). The highest BCUT2D eigenvalue weighted by Crippen LogP contribution is 2.34. The minimum absolute atomic E-state index is 0.354. The van der Waals surface area contributed by atoms with Gasteiger partial charge >= 0.3 is 0 Å². The summed E-state index contributed by atoms with van der Waals surface area (Å²) in [4.78, 5) is 4.16. The van der Waals surface area contributed by atoms with E-state index in [4.69, 9.17) is 33.0 Å². The van der Waals surface area contributed by atoms with E-state index in [1.165, 1.54) is 6.33 Å². The lowest BCUT2D eigenvalue weighted by Crippen LogP contribution is -2.33. The van der Waals surface area contributed by atoms with E-state index >= 15 is 0 Å². The van der Waals surface area contributed by atoms with Crippen LogP contribution in [0, 0.1) is 0 Å². The van der Waals surface area contributed by atoms with Crippen molar-refractivity contribution in [2.24, 2.45) is 0 Å². The monoisotopic (exact) mass is 318 g/mol. The minimum Gasteiger partial charge on any atom is -0.394 e. The summed E-state index contributed by atoms with van der Waals surface area (Å²) < 4.78 is 7.01. The van der Waals surface area contributed by atoms with Crippen LogP contribution in [0.1, 0.15) is 6.23 Å². The molecule has 1 aliphatic heterocycles. The van der Waals surface area contributed by atoms with Gasteiger partial charge in [-0.15, -0.1) is 0 Å². The van der Waals surface area contributed by atoms with E-state index in [9.17, 15) is 10.2 Å². The van der Waals surface area contributed by atoms with Crippen molar-refractivity contribution < 1.29 is 20.1 Å². The van der Waals surface area contributed by atoms with Crippen LogP contribution in [0.3, 0.4) is 0 Å². The molecule has 1 saturated heterocycles. The van der Waals surface area contributed by atoms with Gasteiger partial charge in [-0.2, -0.15) is 0 Å². The quantitative estimate of drug-likeness (QED) is 0.767. The van der Waals surface area contributed by atoms with Crippen molar-refractivity contribution in [3.8, 4) is 0 Å². The fourth-order valence-electron chi connectivity index (χ4n) is 2.34. The van der Waals surface area contributed by atoms with Crippen LogP contribution >= 0.6 is 23.2 Å². The van der Waals surface area contributed by atoms with Crippen LogP contribution in [-0.4, -0.2) is 49.8 Å². The molecule has 3 N–H and O–H groups in total. The number of rotatable bonds is 2. The Bertz CT molecular complexity index is 648. The number of aliphatic hydroxyl groups is 3. The Morgan fingerprint density at radius 1 is 1.20 bits per heavy atom. The highest BCUT2D eigenvalue weighted by atomic mass is 35.5. The summed E-state index contributed by atoms with van der Waals surface area (Å²) in [6, 6.07) is 3.22. The fourth-order valence-corrected chi connectivity index (χ4v) is 2.65. The third-order valence-electron chi connectivity index (χ3n) is 3.41. The molecule has 0 saturated carbocycles. The van der Waals surface area contributed by atoms with E-state index in [-0.39, 0.29) is 6.61 Å². The molecule has 0 spiro atoms. The van der Waals surface area contributed by atoms with Crippen LogP contribution in [0.15, 0.2) is 18.5 Å². The van der Waals surface area contributed by atoms with Gasteiger partial charge in [-0.3, -0.25) is 0 Å². The predicted octanol–water partition coefficient (Wildman–Crippen LogP) is 0.955. The number of halogens is 2. The van der Waals surface area contributed by atoms with Gasteiger partial charge in [0.25, 0.3) is 0 Å². The summed E-state index contributed by atoms with van der Waals surface area (Å²) in [5, 5.41) is 29.6. The maximum Gasteiger partial charge on any atom is 0.164 e. The van der Waals surface area contributed by atoms with Gasteiger partial charge in [0.15, 0.2) is 6.23 Å². The number of imidazole rings is 1.